The fourth-order valence-electron chi connectivity index (χ4n) is 2.17. The van der Waals surface area contributed by atoms with Gasteiger partial charge in [-0.05, 0) is 18.9 Å². The molecule has 1 saturated heterocycles. The summed E-state index contributed by atoms with van der Waals surface area (Å²) in [7, 11) is 1.79. The number of nitriles is 1. The Hall–Kier alpha value is -0.590. The van der Waals surface area contributed by atoms with E-state index in [1.54, 1.807) is 7.11 Å². The Bertz CT molecular complexity index is 200. The van der Waals surface area contributed by atoms with E-state index >= 15 is 0 Å². The molecular weight excluding hydrogens is 176 g/mol. The lowest BCUT2D eigenvalue weighted by Gasteiger charge is -2.37. The van der Waals surface area contributed by atoms with Crippen LogP contribution in [0, 0.1) is 17.2 Å². The van der Waals surface area contributed by atoms with E-state index in [-0.39, 0.29) is 0 Å². The molecule has 0 aliphatic carbocycles. The Morgan fingerprint density at radius 3 is 2.93 bits per heavy atom. The molecule has 0 amide bonds. The second-order valence-electron chi connectivity index (χ2n) is 3.94. The molecule has 0 aromatic heterocycles. The number of methoxy groups -OCH3 is 1. The largest absolute Gasteiger partial charge is 0.380 e. The summed E-state index contributed by atoms with van der Waals surface area (Å²) in [5.41, 5.74) is 0. The van der Waals surface area contributed by atoms with Gasteiger partial charge < -0.3 is 4.74 Å². The van der Waals surface area contributed by atoms with Crippen molar-refractivity contribution in [1.29, 1.82) is 5.26 Å². The van der Waals surface area contributed by atoms with E-state index in [2.05, 4.69) is 17.9 Å². The van der Waals surface area contributed by atoms with Crippen molar-refractivity contribution in [2.24, 2.45) is 5.92 Å². The Kier molecular flexibility index (Phi) is 4.92. The zero-order chi connectivity index (χ0) is 10.4. The van der Waals surface area contributed by atoms with Crippen LogP contribution in [-0.4, -0.2) is 37.7 Å². The van der Waals surface area contributed by atoms with Gasteiger partial charge in [-0.15, -0.1) is 0 Å². The van der Waals surface area contributed by atoms with E-state index in [0.29, 0.717) is 18.4 Å². The fraction of sp³-hybridized carbons (Fsp3) is 0.909. The SMILES string of the molecule is CCC1CCN(CCC#N)CC1OC. The molecule has 0 bridgehead atoms. The first-order valence-corrected chi connectivity index (χ1v) is 5.43. The number of rotatable bonds is 4. The van der Waals surface area contributed by atoms with Crippen molar-refractivity contribution in [2.45, 2.75) is 32.3 Å². The normalized spacial score (nSPS) is 28.6. The number of hydrogen-bond donors (Lipinski definition) is 0. The lowest BCUT2D eigenvalue weighted by Crippen LogP contribution is -2.44. The Labute approximate surface area is 86.6 Å². The highest BCUT2D eigenvalue weighted by Gasteiger charge is 2.27. The van der Waals surface area contributed by atoms with Crippen LogP contribution < -0.4 is 0 Å². The van der Waals surface area contributed by atoms with E-state index in [1.165, 1.54) is 12.8 Å². The third kappa shape index (κ3) is 2.97. The summed E-state index contributed by atoms with van der Waals surface area (Å²) in [5, 5.41) is 8.51. The Balaban J connectivity index is 2.37. The topological polar surface area (TPSA) is 36.3 Å². The summed E-state index contributed by atoms with van der Waals surface area (Å²) >= 11 is 0. The van der Waals surface area contributed by atoms with Gasteiger partial charge in [-0.25, -0.2) is 0 Å². The third-order valence-electron chi connectivity index (χ3n) is 3.15. The molecule has 0 radical (unpaired) electrons. The van der Waals surface area contributed by atoms with Crippen LogP contribution in [-0.2, 0) is 4.74 Å². The van der Waals surface area contributed by atoms with Crippen LogP contribution in [0.15, 0.2) is 0 Å². The van der Waals surface area contributed by atoms with Crippen LogP contribution in [0.4, 0.5) is 0 Å². The summed E-state index contributed by atoms with van der Waals surface area (Å²) in [6.45, 7) is 5.24. The van der Waals surface area contributed by atoms with E-state index < -0.39 is 0 Å². The second kappa shape index (κ2) is 6.00. The molecule has 1 aliphatic rings. The van der Waals surface area contributed by atoms with Gasteiger partial charge in [0.05, 0.1) is 12.2 Å². The van der Waals surface area contributed by atoms with Crippen LogP contribution in [0.1, 0.15) is 26.2 Å². The summed E-state index contributed by atoms with van der Waals surface area (Å²) in [4.78, 5) is 2.34. The molecule has 0 aromatic carbocycles. The minimum absolute atomic E-state index is 0.368. The van der Waals surface area contributed by atoms with E-state index in [1.807, 2.05) is 0 Å². The lowest BCUT2D eigenvalue weighted by atomic mass is 9.91. The highest BCUT2D eigenvalue weighted by Crippen LogP contribution is 2.22. The van der Waals surface area contributed by atoms with Crippen molar-refractivity contribution in [3.8, 4) is 6.07 Å². The maximum Gasteiger partial charge on any atom is 0.0726 e. The summed E-state index contributed by atoms with van der Waals surface area (Å²) in [6, 6.07) is 2.19. The molecule has 2 atom stereocenters. The van der Waals surface area contributed by atoms with E-state index in [0.717, 1.165) is 19.6 Å². The number of likely N-dealkylation sites (tertiary alicyclic amines) is 1. The quantitative estimate of drug-likeness (QED) is 0.686. The zero-order valence-corrected chi connectivity index (χ0v) is 9.20. The molecule has 1 aliphatic heterocycles. The molecule has 1 heterocycles. The second-order valence-corrected chi connectivity index (χ2v) is 3.94. The molecule has 0 aromatic rings. The van der Waals surface area contributed by atoms with Crippen molar-refractivity contribution < 1.29 is 4.74 Å². The minimum atomic E-state index is 0.368. The smallest absolute Gasteiger partial charge is 0.0726 e. The summed E-state index contributed by atoms with van der Waals surface area (Å²) in [5.74, 6) is 0.707. The van der Waals surface area contributed by atoms with Gasteiger partial charge in [0, 0.05) is 26.6 Å². The average Bonchev–Trinajstić information content (AvgIpc) is 2.25. The number of nitrogens with zero attached hydrogens (tertiary/aromatic N) is 2. The molecule has 0 saturated carbocycles. The lowest BCUT2D eigenvalue weighted by molar-refractivity contribution is -0.0117. The van der Waals surface area contributed by atoms with Gasteiger partial charge in [0.15, 0.2) is 0 Å². The van der Waals surface area contributed by atoms with Crippen LogP contribution >= 0.6 is 0 Å². The molecule has 1 fully saturated rings. The molecule has 0 N–H and O–H groups in total. The number of hydrogen-bond acceptors (Lipinski definition) is 3. The average molecular weight is 196 g/mol. The van der Waals surface area contributed by atoms with Crippen molar-refractivity contribution in [3.05, 3.63) is 0 Å². The molecular formula is C11H20N2O. The van der Waals surface area contributed by atoms with Crippen molar-refractivity contribution in [1.82, 2.24) is 4.90 Å². The van der Waals surface area contributed by atoms with Gasteiger partial charge in [-0.3, -0.25) is 4.90 Å². The van der Waals surface area contributed by atoms with Crippen LogP contribution in [0.3, 0.4) is 0 Å². The summed E-state index contributed by atoms with van der Waals surface area (Å²) < 4.78 is 5.48. The maximum absolute atomic E-state index is 8.51. The first-order valence-electron chi connectivity index (χ1n) is 5.43. The number of piperidine rings is 1. The van der Waals surface area contributed by atoms with Crippen LogP contribution in [0.5, 0.6) is 0 Å². The first kappa shape index (κ1) is 11.5. The highest BCUT2D eigenvalue weighted by atomic mass is 16.5. The molecule has 2 unspecified atom stereocenters. The standard InChI is InChI=1S/C11H20N2O/c1-3-10-5-8-13(7-4-6-12)9-11(10)14-2/h10-11H,3-5,7-9H2,1-2H3. The van der Waals surface area contributed by atoms with Gasteiger partial charge >= 0.3 is 0 Å². The molecule has 80 valence electrons. The fourth-order valence-corrected chi connectivity index (χ4v) is 2.17. The van der Waals surface area contributed by atoms with Gasteiger partial charge in [-0.2, -0.15) is 5.26 Å². The van der Waals surface area contributed by atoms with Crippen LogP contribution in [0.25, 0.3) is 0 Å². The van der Waals surface area contributed by atoms with E-state index in [9.17, 15) is 0 Å². The summed E-state index contributed by atoms with van der Waals surface area (Å²) in [6.07, 6.45) is 3.41. The third-order valence-corrected chi connectivity index (χ3v) is 3.15. The molecule has 3 nitrogen and oxygen atoms in total. The van der Waals surface area contributed by atoms with Gasteiger partial charge in [-0.1, -0.05) is 13.3 Å². The van der Waals surface area contributed by atoms with Crippen molar-refractivity contribution in [3.63, 3.8) is 0 Å². The molecule has 3 heteroatoms. The first-order chi connectivity index (χ1) is 6.81. The molecule has 0 spiro atoms. The number of ether oxygens (including phenoxy) is 1. The zero-order valence-electron chi connectivity index (χ0n) is 9.20. The van der Waals surface area contributed by atoms with Gasteiger partial charge in [0.1, 0.15) is 0 Å². The molecule has 14 heavy (non-hydrogen) atoms. The predicted octanol–water partition coefficient (Wildman–Crippen LogP) is 1.65. The Morgan fingerprint density at radius 2 is 2.36 bits per heavy atom. The maximum atomic E-state index is 8.51. The van der Waals surface area contributed by atoms with E-state index in [4.69, 9.17) is 10.00 Å². The highest BCUT2D eigenvalue weighted by molar-refractivity contribution is 4.82. The Morgan fingerprint density at radius 1 is 1.57 bits per heavy atom. The molecule has 1 rings (SSSR count). The van der Waals surface area contributed by atoms with Crippen molar-refractivity contribution in [2.75, 3.05) is 26.7 Å². The van der Waals surface area contributed by atoms with Crippen molar-refractivity contribution >= 4 is 0 Å². The predicted molar refractivity (Wildman–Crippen MR) is 55.9 cm³/mol. The van der Waals surface area contributed by atoms with Gasteiger partial charge in [0.25, 0.3) is 0 Å². The minimum Gasteiger partial charge on any atom is -0.380 e. The van der Waals surface area contributed by atoms with Crippen LogP contribution in [0.2, 0.25) is 0 Å². The monoisotopic (exact) mass is 196 g/mol. The van der Waals surface area contributed by atoms with Gasteiger partial charge in [0.2, 0.25) is 0 Å².